The smallest absolute Gasteiger partial charge is 0.187 e. The first-order chi connectivity index (χ1) is 45.5. The highest BCUT2D eigenvalue weighted by Gasteiger charge is 2.60. The number of aliphatic hydroxyl groups is 20. The van der Waals surface area contributed by atoms with Crippen molar-refractivity contribution in [3.05, 3.63) is 22.5 Å². The molecule has 38 nitrogen and oxygen atoms in total. The van der Waals surface area contributed by atoms with Crippen molar-refractivity contribution in [1.82, 2.24) is 10.2 Å². The van der Waals surface area contributed by atoms with Gasteiger partial charge in [-0.2, -0.15) is 0 Å². The van der Waals surface area contributed by atoms with Crippen molar-refractivity contribution in [2.75, 3.05) is 59.3 Å². The van der Waals surface area contributed by atoms with E-state index in [2.05, 4.69) is 5.32 Å². The first kappa shape index (κ1) is 73.4. The fourth-order valence-electron chi connectivity index (χ4n) is 14.2. The molecular weight excluding hydrogens is 1290 g/mol. The van der Waals surface area contributed by atoms with Gasteiger partial charge in [-0.25, -0.2) is 0 Å². The van der Waals surface area contributed by atoms with Gasteiger partial charge in [0.1, 0.15) is 171 Å². The first-order valence-corrected chi connectivity index (χ1v) is 31.8. The summed E-state index contributed by atoms with van der Waals surface area (Å²) in [7, 11) is 0. The Kier molecular flexibility index (Phi) is 24.1. The van der Waals surface area contributed by atoms with Crippen molar-refractivity contribution in [3.8, 4) is 0 Å². The number of ketones is 2. The van der Waals surface area contributed by atoms with E-state index >= 15 is 0 Å². The summed E-state index contributed by atoms with van der Waals surface area (Å²) in [5.74, 6) is -0.127. The molecule has 21 N–H and O–H groups in total. The summed E-state index contributed by atoms with van der Waals surface area (Å²) in [6, 6.07) is 0. The Morgan fingerprint density at radius 1 is 0.305 bits per heavy atom. The van der Waals surface area contributed by atoms with Gasteiger partial charge in [0.25, 0.3) is 0 Å². The normalized spacial score (nSPS) is 49.7. The molecule has 542 valence electrons. The number of ether oxygens (including phenoxy) is 14. The van der Waals surface area contributed by atoms with Crippen LogP contribution in [-0.4, -0.2) is 393 Å². The molecular formula is C57H88N2O36. The summed E-state index contributed by atoms with van der Waals surface area (Å²) in [6.45, 7) is -6.41. The maximum absolute atomic E-state index is 13.2. The van der Waals surface area contributed by atoms with Gasteiger partial charge in [0.15, 0.2) is 55.6 Å². The molecule has 0 saturated carbocycles. The topological polar surface area (TPSA) is 583 Å². The number of carbonyl (C=O) groups is 2. The predicted molar refractivity (Wildman–Crippen MR) is 297 cm³/mol. The molecule has 2 aliphatic carbocycles. The standard InChI is InChI=1S/C57H88N2O36/c60-11-24-45-32(70)39(77)53(84-24)92-47-26(13-62)86-55(41(79)34(47)72)94-49-28(15-64)88-57(43(81)36(49)74)95-50-29(16-65)87-56(42(80)35(50)73)93-48-27(14-63)85-54(40(78)33(48)71)91-46-25(12-61)83-52(38(76)31(46)69)89-44-23(82-51(90-45)37(75)30(44)68)10-58-7-8-59-19-3-1-5-21(66)17(19)9-18-20(59)4-2-6-22(18)67/h23-58,60-65,68-81H,1-16H2/t23-,24-,25-,26-,27-,28-,29-,30-,31-,32-,33-,34-,35-,36-,37-,38-,39-,40-,41-,42-,43-,44-,45-,46-,47-,48-,49-,50-,51-,52-,53-,54-,55-,56-,57-/m1/s1. The van der Waals surface area contributed by atoms with E-state index in [0.717, 1.165) is 11.4 Å². The van der Waals surface area contributed by atoms with Crippen LogP contribution in [0, 0.1) is 0 Å². The van der Waals surface area contributed by atoms with Crippen LogP contribution in [0.5, 0.6) is 0 Å². The van der Waals surface area contributed by atoms with Crippen molar-refractivity contribution in [2.45, 2.75) is 260 Å². The Balaban J connectivity index is 0.879. The number of carbonyl (C=O) groups excluding carboxylic acids is 2. The molecule has 0 amide bonds. The number of allylic oxidation sites excluding steroid dienone is 4. The van der Waals surface area contributed by atoms with Gasteiger partial charge in [-0.15, -0.1) is 0 Å². The van der Waals surface area contributed by atoms with Crippen LogP contribution in [0.15, 0.2) is 22.5 Å². The number of rotatable bonds is 11. The van der Waals surface area contributed by atoms with Crippen LogP contribution in [-0.2, 0) is 75.9 Å². The molecule has 0 aromatic heterocycles. The van der Waals surface area contributed by atoms with Crippen molar-refractivity contribution in [1.29, 1.82) is 0 Å². The SMILES string of the molecule is O=C1CCCC2=C1CC1=C(CCCC1=O)N2CCNC[C@H]1O[C@@H]2O[C@H]3[C@H](O)[C@@H](O)[C@@H](O[C@H]4[C@H](O)[C@@H](O)[C@@H](O[C@H]5[C@H](O)[C@@H](O)[C@@H](O[C@H]6[C@H](O)[C@@H](O)[C@@H](O[C@H]7[C@H](O)[C@@H](O)[C@@H](O[C@H]8[C@H](O)[C@@H](O)[C@@H](O[C@H]1[C@H](O)[C@H]2O)O[C@@H]8CO)O[C@@H]7CO)O[C@@H]6CO)O[C@@H]5CO)O[C@@H]4CO)O[C@@H]3CO. The monoisotopic (exact) mass is 1380 g/mol. The lowest BCUT2D eigenvalue weighted by molar-refractivity contribution is -0.396. The molecule has 22 aliphatic heterocycles. The van der Waals surface area contributed by atoms with E-state index in [9.17, 15) is 112 Å². The van der Waals surface area contributed by atoms with Gasteiger partial charge >= 0.3 is 0 Å². The number of nitrogens with zero attached hydrogens (tertiary/aromatic N) is 1. The molecule has 0 aromatic rings. The first-order valence-electron chi connectivity index (χ1n) is 31.8. The van der Waals surface area contributed by atoms with Crippen LogP contribution in [0.3, 0.4) is 0 Å². The third kappa shape index (κ3) is 14.4. The molecule has 35 atom stereocenters. The summed E-state index contributed by atoms with van der Waals surface area (Å²) in [6.07, 6.45) is -67.4. The lowest BCUT2D eigenvalue weighted by atomic mass is 9.81. The van der Waals surface area contributed by atoms with Gasteiger partial charge in [0.05, 0.1) is 39.6 Å². The zero-order valence-corrected chi connectivity index (χ0v) is 50.9. The fraction of sp³-hybridized carbons (Fsp3) is 0.895. The third-order valence-corrected chi connectivity index (χ3v) is 19.5. The van der Waals surface area contributed by atoms with Gasteiger partial charge in [0, 0.05) is 61.4 Å². The molecule has 22 heterocycles. The number of nitrogens with one attached hydrogen (secondary N) is 1. The van der Waals surface area contributed by atoms with E-state index in [1.54, 1.807) is 0 Å². The highest BCUT2D eigenvalue weighted by Crippen LogP contribution is 2.43. The average Bonchev–Trinajstić information content (AvgIpc) is 0.804. The highest BCUT2D eigenvalue weighted by molar-refractivity contribution is 6.03. The Hall–Kier alpha value is -2.78. The van der Waals surface area contributed by atoms with E-state index in [0.29, 0.717) is 49.7 Å². The summed E-state index contributed by atoms with van der Waals surface area (Å²) < 4.78 is 82.1. The van der Waals surface area contributed by atoms with Gasteiger partial charge < -0.3 is 179 Å². The molecule has 0 spiro atoms. The van der Waals surface area contributed by atoms with Crippen LogP contribution in [0.25, 0.3) is 0 Å². The lowest BCUT2D eigenvalue weighted by Gasteiger charge is -2.50. The number of Topliss-reactive ketones (excluding diaryl/α,β-unsaturated/α-hetero) is 2. The van der Waals surface area contributed by atoms with Gasteiger partial charge in [-0.3, -0.25) is 9.59 Å². The number of hydrogen-bond donors (Lipinski definition) is 21. The molecule has 95 heavy (non-hydrogen) atoms. The van der Waals surface area contributed by atoms with Gasteiger partial charge in [0.2, 0.25) is 0 Å². The molecule has 0 aromatic carbocycles. The van der Waals surface area contributed by atoms with Crippen molar-refractivity contribution in [3.63, 3.8) is 0 Å². The van der Waals surface area contributed by atoms with Crippen molar-refractivity contribution >= 4 is 11.6 Å². The molecule has 0 unspecified atom stereocenters. The largest absolute Gasteiger partial charge is 0.394 e. The van der Waals surface area contributed by atoms with Crippen LogP contribution in [0.1, 0.15) is 44.9 Å². The second-order valence-electron chi connectivity index (χ2n) is 25.4. The molecule has 24 rings (SSSR count). The van der Waals surface area contributed by atoms with Gasteiger partial charge in [-0.05, 0) is 25.7 Å². The van der Waals surface area contributed by atoms with Crippen molar-refractivity contribution in [2.24, 2.45) is 0 Å². The molecule has 38 heteroatoms. The zero-order valence-electron chi connectivity index (χ0n) is 50.9. The Morgan fingerprint density at radius 2 is 0.526 bits per heavy atom. The van der Waals surface area contributed by atoms with E-state index in [1.165, 1.54) is 0 Å². The highest BCUT2D eigenvalue weighted by atomic mass is 16.8. The Morgan fingerprint density at radius 3 is 0.758 bits per heavy atom. The van der Waals surface area contributed by atoms with Gasteiger partial charge in [-0.1, -0.05) is 0 Å². The summed E-state index contributed by atoms with van der Waals surface area (Å²) in [4.78, 5) is 28.4. The summed E-state index contributed by atoms with van der Waals surface area (Å²) in [5, 5.41) is 229. The fourth-order valence-corrected chi connectivity index (χ4v) is 14.2. The molecule has 21 fully saturated rings. The molecule has 24 aliphatic rings. The number of aliphatic hydroxyl groups excluding tert-OH is 20. The van der Waals surface area contributed by atoms with E-state index in [4.69, 9.17) is 66.3 Å². The molecule has 0 radical (unpaired) electrons. The Labute approximate surface area is 540 Å². The number of hydrogen-bond acceptors (Lipinski definition) is 38. The van der Waals surface area contributed by atoms with E-state index < -0.39 is 255 Å². The van der Waals surface area contributed by atoms with Crippen LogP contribution < -0.4 is 5.32 Å². The average molecular weight is 1380 g/mol. The maximum atomic E-state index is 13.2. The van der Waals surface area contributed by atoms with Crippen LogP contribution in [0.4, 0.5) is 0 Å². The maximum Gasteiger partial charge on any atom is 0.187 e. The lowest BCUT2D eigenvalue weighted by Crippen LogP contribution is -2.68. The quantitative estimate of drug-likeness (QED) is 0.0854. The predicted octanol–water partition coefficient (Wildman–Crippen LogP) is -12.9. The van der Waals surface area contributed by atoms with E-state index in [1.807, 2.05) is 4.90 Å². The minimum absolute atomic E-state index is 0.0633. The summed E-state index contributed by atoms with van der Waals surface area (Å²) in [5.41, 5.74) is 2.68. The minimum atomic E-state index is -2.23. The minimum Gasteiger partial charge on any atom is -0.394 e. The summed E-state index contributed by atoms with van der Waals surface area (Å²) >= 11 is 0. The van der Waals surface area contributed by atoms with Crippen LogP contribution >= 0.6 is 0 Å². The van der Waals surface area contributed by atoms with Crippen LogP contribution in [0.2, 0.25) is 0 Å². The zero-order chi connectivity index (χ0) is 68.2. The van der Waals surface area contributed by atoms with Crippen molar-refractivity contribution < 1.29 is 178 Å². The Bertz CT molecular complexity index is 2590. The van der Waals surface area contributed by atoms with E-state index in [-0.39, 0.29) is 37.6 Å². The second kappa shape index (κ2) is 31.2. The molecule has 14 bridgehead atoms. The third-order valence-electron chi connectivity index (χ3n) is 19.5. The molecule has 21 saturated heterocycles. The second-order valence-corrected chi connectivity index (χ2v) is 25.4.